The number of β-amino-alcohol motifs (C(OH)–C–C–N with tert-alkyl or cyclic N) is 1. The van der Waals surface area contributed by atoms with Gasteiger partial charge in [0.05, 0.1) is 19.1 Å². The van der Waals surface area contributed by atoms with Crippen molar-refractivity contribution in [3.8, 4) is 0 Å². The molecule has 1 aliphatic heterocycles. The molecule has 1 amide bonds. The summed E-state index contributed by atoms with van der Waals surface area (Å²) in [6.45, 7) is -0.512. The molecule has 1 rings (SSSR count). The molecule has 1 atom stereocenters. The van der Waals surface area contributed by atoms with Gasteiger partial charge in [0.25, 0.3) is 0 Å². The van der Waals surface area contributed by atoms with Gasteiger partial charge in [-0.15, -0.1) is 0 Å². The maximum absolute atomic E-state index is 12.5. The van der Waals surface area contributed by atoms with Gasteiger partial charge in [-0.25, -0.2) is 9.69 Å². The molecule has 0 saturated carbocycles. The number of halogens is 2. The number of hydrogen-bond donors (Lipinski definition) is 2. The number of alkyl halides is 2. The van der Waals surface area contributed by atoms with Gasteiger partial charge in [0.15, 0.2) is 0 Å². The number of aliphatic hydroxyl groups is 1. The van der Waals surface area contributed by atoms with Crippen molar-refractivity contribution in [2.24, 2.45) is 0 Å². The van der Waals surface area contributed by atoms with E-state index >= 15 is 0 Å². The minimum absolute atomic E-state index is 0.0579. The summed E-state index contributed by atoms with van der Waals surface area (Å²) >= 11 is 0. The topological polar surface area (TPSA) is 60.8 Å². The first-order chi connectivity index (χ1) is 4.93. The van der Waals surface area contributed by atoms with Crippen molar-refractivity contribution in [2.75, 3.05) is 6.54 Å². The number of hydrogen-bond acceptors (Lipinski definition) is 2. The zero-order valence-corrected chi connectivity index (χ0v) is 5.50. The first kappa shape index (κ1) is 8.19. The number of aliphatic hydroxyl groups excluding tert-OH is 1. The highest BCUT2D eigenvalue weighted by Crippen LogP contribution is 2.31. The fourth-order valence-corrected chi connectivity index (χ4v) is 1.02. The van der Waals surface area contributed by atoms with Crippen molar-refractivity contribution >= 4 is 6.09 Å². The van der Waals surface area contributed by atoms with Crippen LogP contribution < -0.4 is 0 Å². The maximum atomic E-state index is 12.5. The zero-order valence-electron chi connectivity index (χ0n) is 5.50. The number of carboxylic acid groups (broad SMARTS) is 1. The summed E-state index contributed by atoms with van der Waals surface area (Å²) in [6.07, 6.45) is -3.76. The quantitative estimate of drug-likeness (QED) is 0.511. The molecule has 64 valence electrons. The third kappa shape index (κ3) is 1.40. The van der Waals surface area contributed by atoms with Crippen molar-refractivity contribution in [1.29, 1.82) is 0 Å². The standard InChI is InChI=1S/C5H7F2NO3/c6-5(7)1-3(9)2-8(5)4(10)11/h3,9H,1-2H2,(H,10,11). The lowest BCUT2D eigenvalue weighted by Crippen LogP contribution is -2.39. The molecule has 0 aromatic rings. The van der Waals surface area contributed by atoms with Crippen molar-refractivity contribution in [3.63, 3.8) is 0 Å². The Kier molecular flexibility index (Phi) is 1.71. The Labute approximate surface area is 61.0 Å². The second kappa shape index (κ2) is 2.30. The summed E-state index contributed by atoms with van der Waals surface area (Å²) in [7, 11) is 0. The van der Waals surface area contributed by atoms with E-state index in [0.29, 0.717) is 0 Å². The van der Waals surface area contributed by atoms with Gasteiger partial charge in [0, 0.05) is 0 Å². The van der Waals surface area contributed by atoms with Gasteiger partial charge in [-0.2, -0.15) is 8.78 Å². The Morgan fingerprint density at radius 2 is 2.18 bits per heavy atom. The largest absolute Gasteiger partial charge is 0.465 e. The molecule has 1 fully saturated rings. The Morgan fingerprint density at radius 1 is 1.64 bits per heavy atom. The molecule has 11 heavy (non-hydrogen) atoms. The molecule has 6 heteroatoms. The average molecular weight is 167 g/mol. The molecule has 1 heterocycles. The van der Waals surface area contributed by atoms with Crippen LogP contribution in [0, 0.1) is 0 Å². The number of rotatable bonds is 0. The lowest BCUT2D eigenvalue weighted by atomic mass is 10.3. The van der Waals surface area contributed by atoms with Crippen molar-refractivity contribution < 1.29 is 23.8 Å². The van der Waals surface area contributed by atoms with Crippen molar-refractivity contribution in [2.45, 2.75) is 18.6 Å². The molecule has 0 aromatic carbocycles. The molecule has 0 radical (unpaired) electrons. The van der Waals surface area contributed by atoms with Gasteiger partial charge in [-0.1, -0.05) is 0 Å². The Morgan fingerprint density at radius 3 is 2.36 bits per heavy atom. The summed E-state index contributed by atoms with van der Waals surface area (Å²) in [4.78, 5) is 10.0. The van der Waals surface area contributed by atoms with Crippen molar-refractivity contribution in [1.82, 2.24) is 4.90 Å². The van der Waals surface area contributed by atoms with Crippen LogP contribution in [0.2, 0.25) is 0 Å². The highest BCUT2D eigenvalue weighted by molar-refractivity contribution is 5.66. The zero-order chi connectivity index (χ0) is 8.65. The van der Waals surface area contributed by atoms with Crippen LogP contribution in [0.5, 0.6) is 0 Å². The normalized spacial score (nSPS) is 29.0. The molecule has 0 bridgehead atoms. The van der Waals surface area contributed by atoms with E-state index in [1.807, 2.05) is 0 Å². The van der Waals surface area contributed by atoms with Crippen LogP contribution in [0.15, 0.2) is 0 Å². The first-order valence-electron chi connectivity index (χ1n) is 3.00. The smallest absolute Gasteiger partial charge is 0.411 e. The molecule has 0 aliphatic carbocycles. The fraction of sp³-hybridized carbons (Fsp3) is 0.800. The van der Waals surface area contributed by atoms with Crippen LogP contribution in [-0.4, -0.2) is 39.9 Å². The van der Waals surface area contributed by atoms with E-state index in [4.69, 9.17) is 10.2 Å². The lowest BCUT2D eigenvalue weighted by molar-refractivity contribution is -0.103. The van der Waals surface area contributed by atoms with Gasteiger partial charge in [-0.3, -0.25) is 0 Å². The van der Waals surface area contributed by atoms with E-state index in [1.165, 1.54) is 0 Å². The fourth-order valence-electron chi connectivity index (χ4n) is 1.02. The van der Waals surface area contributed by atoms with Crippen LogP contribution in [-0.2, 0) is 0 Å². The summed E-state index contributed by atoms with van der Waals surface area (Å²) in [5.41, 5.74) is 0. The molecule has 2 N–H and O–H groups in total. The summed E-state index contributed by atoms with van der Waals surface area (Å²) < 4.78 is 25.0. The van der Waals surface area contributed by atoms with Crippen LogP contribution in [0.4, 0.5) is 13.6 Å². The predicted octanol–water partition coefficient (Wildman–Crippen LogP) is 0.324. The third-order valence-corrected chi connectivity index (χ3v) is 1.50. The second-order valence-corrected chi connectivity index (χ2v) is 2.42. The van der Waals surface area contributed by atoms with Gasteiger partial charge in [0.2, 0.25) is 0 Å². The Hall–Kier alpha value is -0.910. The van der Waals surface area contributed by atoms with E-state index in [0.717, 1.165) is 0 Å². The van der Waals surface area contributed by atoms with Gasteiger partial charge < -0.3 is 10.2 Å². The van der Waals surface area contributed by atoms with Gasteiger partial charge in [-0.05, 0) is 0 Å². The SMILES string of the molecule is O=C(O)N1CC(O)CC1(F)F. The van der Waals surface area contributed by atoms with Gasteiger partial charge in [0.1, 0.15) is 0 Å². The molecule has 1 unspecified atom stereocenters. The summed E-state index contributed by atoms with van der Waals surface area (Å²) in [5, 5.41) is 16.9. The highest BCUT2D eigenvalue weighted by Gasteiger charge is 2.49. The molecule has 1 saturated heterocycles. The second-order valence-electron chi connectivity index (χ2n) is 2.42. The first-order valence-corrected chi connectivity index (χ1v) is 3.00. The predicted molar refractivity (Wildman–Crippen MR) is 30.3 cm³/mol. The molecular formula is C5H7F2NO3. The van der Waals surface area contributed by atoms with Crippen LogP contribution in [0.3, 0.4) is 0 Å². The molecule has 4 nitrogen and oxygen atoms in total. The highest BCUT2D eigenvalue weighted by atomic mass is 19.3. The van der Waals surface area contributed by atoms with Crippen LogP contribution in [0.25, 0.3) is 0 Å². The lowest BCUT2D eigenvalue weighted by Gasteiger charge is -2.19. The molecular weight excluding hydrogens is 160 g/mol. The molecule has 0 aromatic heterocycles. The minimum Gasteiger partial charge on any atom is -0.465 e. The maximum Gasteiger partial charge on any atom is 0.411 e. The van der Waals surface area contributed by atoms with E-state index in [2.05, 4.69) is 0 Å². The van der Waals surface area contributed by atoms with E-state index in [1.54, 1.807) is 0 Å². The number of carbonyl (C=O) groups is 1. The average Bonchev–Trinajstić information content (AvgIpc) is 2.04. The summed E-state index contributed by atoms with van der Waals surface area (Å²) in [5.74, 6) is 0. The van der Waals surface area contributed by atoms with Crippen LogP contribution >= 0.6 is 0 Å². The minimum atomic E-state index is -3.41. The molecule has 0 spiro atoms. The number of likely N-dealkylation sites (tertiary alicyclic amines) is 1. The Balaban J connectivity index is 2.74. The number of nitrogens with zero attached hydrogens (tertiary/aromatic N) is 1. The number of amides is 1. The van der Waals surface area contributed by atoms with Gasteiger partial charge >= 0.3 is 12.1 Å². The monoisotopic (exact) mass is 167 g/mol. The van der Waals surface area contributed by atoms with Crippen LogP contribution in [0.1, 0.15) is 6.42 Å². The Bertz CT molecular complexity index is 185. The third-order valence-electron chi connectivity index (χ3n) is 1.50. The molecule has 1 aliphatic rings. The van der Waals surface area contributed by atoms with Crippen molar-refractivity contribution in [3.05, 3.63) is 0 Å². The van der Waals surface area contributed by atoms with E-state index in [-0.39, 0.29) is 4.90 Å². The summed E-state index contributed by atoms with van der Waals surface area (Å²) in [6, 6.07) is -3.41. The van der Waals surface area contributed by atoms with E-state index in [9.17, 15) is 13.6 Å². The van der Waals surface area contributed by atoms with E-state index < -0.39 is 31.2 Å².